The number of fused-ring (bicyclic) bond motifs is 1. The predicted octanol–water partition coefficient (Wildman–Crippen LogP) is 1.91. The molecule has 4 rings (SSSR count). The van der Waals surface area contributed by atoms with Gasteiger partial charge in [0.2, 0.25) is 11.8 Å². The Kier molecular flexibility index (Phi) is 5.85. The van der Waals surface area contributed by atoms with Crippen LogP contribution < -0.4 is 4.74 Å². The molecule has 0 saturated carbocycles. The molecule has 2 amide bonds. The molecule has 152 valence electrons. The van der Waals surface area contributed by atoms with Gasteiger partial charge in [0.15, 0.2) is 0 Å². The fourth-order valence-corrected chi connectivity index (χ4v) is 4.72. The molecule has 0 spiro atoms. The molecule has 0 aromatic heterocycles. The Morgan fingerprint density at radius 1 is 1.00 bits per heavy atom. The minimum atomic E-state index is 0.108. The molecule has 0 atom stereocenters. The number of piperidine rings is 1. The Morgan fingerprint density at radius 2 is 1.75 bits per heavy atom. The van der Waals surface area contributed by atoms with Gasteiger partial charge in [0.25, 0.3) is 0 Å². The number of amides is 2. The first-order valence-corrected chi connectivity index (χ1v) is 10.6. The smallest absolute Gasteiger partial charge is 0.236 e. The molecule has 0 aliphatic carbocycles. The van der Waals surface area contributed by atoms with Gasteiger partial charge >= 0.3 is 0 Å². The number of hydrogen-bond acceptors (Lipinski definition) is 4. The number of hydrogen-bond donors (Lipinski definition) is 0. The number of benzene rings is 1. The topological polar surface area (TPSA) is 53.1 Å². The number of carbonyl (C=O) groups excluding carboxylic acids is 2. The lowest BCUT2D eigenvalue weighted by molar-refractivity contribution is -0.140. The summed E-state index contributed by atoms with van der Waals surface area (Å²) in [6, 6.07) is 6.23. The Bertz CT molecular complexity index is 722. The largest absolute Gasteiger partial charge is 0.497 e. The van der Waals surface area contributed by atoms with Crippen LogP contribution in [0.4, 0.5) is 0 Å². The van der Waals surface area contributed by atoms with E-state index in [0.717, 1.165) is 64.0 Å². The maximum Gasteiger partial charge on any atom is 0.236 e. The average molecular weight is 386 g/mol. The fraction of sp³-hybridized carbons (Fsp3) is 0.636. The molecule has 1 aromatic carbocycles. The van der Waals surface area contributed by atoms with Crippen molar-refractivity contribution in [1.29, 1.82) is 0 Å². The molecule has 3 aliphatic rings. The first-order valence-electron chi connectivity index (χ1n) is 10.6. The Balaban J connectivity index is 1.27. The van der Waals surface area contributed by atoms with Gasteiger partial charge in [0.1, 0.15) is 5.75 Å². The molecule has 0 N–H and O–H groups in total. The highest BCUT2D eigenvalue weighted by Crippen LogP contribution is 2.25. The van der Waals surface area contributed by atoms with Crippen molar-refractivity contribution in [1.82, 2.24) is 14.7 Å². The van der Waals surface area contributed by atoms with Crippen LogP contribution in [0.25, 0.3) is 0 Å². The first kappa shape index (κ1) is 19.2. The fourth-order valence-electron chi connectivity index (χ4n) is 4.72. The molecular formula is C22H31N3O3. The first-order chi connectivity index (χ1) is 13.6. The van der Waals surface area contributed by atoms with Crippen LogP contribution in [-0.2, 0) is 22.6 Å². The van der Waals surface area contributed by atoms with Gasteiger partial charge in [-0.2, -0.15) is 0 Å². The van der Waals surface area contributed by atoms with Gasteiger partial charge in [0.05, 0.1) is 13.7 Å². The van der Waals surface area contributed by atoms with E-state index in [9.17, 15) is 9.59 Å². The van der Waals surface area contributed by atoms with E-state index >= 15 is 0 Å². The number of carbonyl (C=O) groups is 2. The van der Waals surface area contributed by atoms with Crippen LogP contribution in [0.3, 0.4) is 0 Å². The minimum absolute atomic E-state index is 0.108. The molecule has 1 aromatic rings. The van der Waals surface area contributed by atoms with Crippen LogP contribution in [0.15, 0.2) is 18.2 Å². The van der Waals surface area contributed by atoms with Crippen molar-refractivity contribution < 1.29 is 14.3 Å². The molecule has 6 nitrogen and oxygen atoms in total. The quantitative estimate of drug-likeness (QED) is 0.795. The van der Waals surface area contributed by atoms with E-state index in [1.165, 1.54) is 11.1 Å². The van der Waals surface area contributed by atoms with E-state index < -0.39 is 0 Å². The van der Waals surface area contributed by atoms with Gasteiger partial charge in [0, 0.05) is 45.2 Å². The van der Waals surface area contributed by atoms with E-state index in [-0.39, 0.29) is 11.8 Å². The van der Waals surface area contributed by atoms with Gasteiger partial charge in [-0.3, -0.25) is 14.5 Å². The van der Waals surface area contributed by atoms with Gasteiger partial charge in [-0.25, -0.2) is 0 Å². The summed E-state index contributed by atoms with van der Waals surface area (Å²) < 4.78 is 5.33. The van der Waals surface area contributed by atoms with Crippen LogP contribution in [-0.4, -0.2) is 72.9 Å². The van der Waals surface area contributed by atoms with Crippen LogP contribution in [0.1, 0.15) is 36.8 Å². The number of methoxy groups -OCH3 is 1. The standard InChI is InChI=1S/C22H31N3O3/c1-28-20-5-4-17-6-11-23(15-19(17)14-20)16-21(26)24-12-7-18(8-13-24)22(27)25-9-2-3-10-25/h4-5,14,18H,2-3,6-13,15-16H2,1H3. The molecule has 3 aliphatic heterocycles. The summed E-state index contributed by atoms with van der Waals surface area (Å²) in [6.45, 7) is 5.42. The zero-order valence-corrected chi connectivity index (χ0v) is 16.9. The summed E-state index contributed by atoms with van der Waals surface area (Å²) in [4.78, 5) is 31.6. The van der Waals surface area contributed by atoms with E-state index in [1.807, 2.05) is 15.9 Å². The molecule has 3 heterocycles. The third-order valence-corrected chi connectivity index (χ3v) is 6.48. The van der Waals surface area contributed by atoms with Crippen molar-refractivity contribution in [2.75, 3.05) is 46.4 Å². The molecule has 6 heteroatoms. The highest BCUT2D eigenvalue weighted by atomic mass is 16.5. The Labute approximate surface area is 167 Å². The number of rotatable bonds is 4. The van der Waals surface area contributed by atoms with Gasteiger partial charge in [-0.05, 0) is 55.4 Å². The second-order valence-electron chi connectivity index (χ2n) is 8.28. The summed E-state index contributed by atoms with van der Waals surface area (Å²) in [6.07, 6.45) is 4.85. The SMILES string of the molecule is COc1ccc2c(c1)CN(CC(=O)N1CCC(C(=O)N3CCCC3)CC1)CC2. The minimum Gasteiger partial charge on any atom is -0.497 e. The summed E-state index contributed by atoms with van der Waals surface area (Å²) in [5, 5.41) is 0. The third kappa shape index (κ3) is 4.17. The highest BCUT2D eigenvalue weighted by molar-refractivity contribution is 5.81. The molecule has 2 fully saturated rings. The van der Waals surface area contributed by atoms with Gasteiger partial charge in [-0.1, -0.05) is 6.07 Å². The predicted molar refractivity (Wildman–Crippen MR) is 107 cm³/mol. The Hall–Kier alpha value is -2.08. The molecule has 2 saturated heterocycles. The normalized spacial score (nSPS) is 20.9. The van der Waals surface area contributed by atoms with E-state index in [1.54, 1.807) is 7.11 Å². The lowest BCUT2D eigenvalue weighted by Crippen LogP contribution is -2.47. The van der Waals surface area contributed by atoms with Crippen molar-refractivity contribution in [3.05, 3.63) is 29.3 Å². The zero-order valence-electron chi connectivity index (χ0n) is 16.9. The van der Waals surface area contributed by atoms with Crippen LogP contribution in [0.2, 0.25) is 0 Å². The molecule has 0 unspecified atom stereocenters. The molecule has 0 radical (unpaired) electrons. The van der Waals surface area contributed by atoms with Crippen molar-refractivity contribution in [2.45, 2.75) is 38.6 Å². The van der Waals surface area contributed by atoms with Gasteiger partial charge < -0.3 is 14.5 Å². The maximum atomic E-state index is 12.8. The van der Waals surface area contributed by atoms with Crippen LogP contribution in [0, 0.1) is 5.92 Å². The monoisotopic (exact) mass is 385 g/mol. The molecule has 28 heavy (non-hydrogen) atoms. The summed E-state index contributed by atoms with van der Waals surface area (Å²) >= 11 is 0. The van der Waals surface area contributed by atoms with E-state index in [4.69, 9.17) is 4.74 Å². The van der Waals surface area contributed by atoms with E-state index in [2.05, 4.69) is 17.0 Å². The second kappa shape index (κ2) is 8.52. The summed E-state index contributed by atoms with van der Waals surface area (Å²) in [7, 11) is 1.68. The summed E-state index contributed by atoms with van der Waals surface area (Å²) in [5.41, 5.74) is 2.61. The average Bonchev–Trinajstić information content (AvgIpc) is 3.27. The molecule has 0 bridgehead atoms. The third-order valence-electron chi connectivity index (χ3n) is 6.48. The van der Waals surface area contributed by atoms with Crippen molar-refractivity contribution in [3.8, 4) is 5.75 Å². The highest BCUT2D eigenvalue weighted by Gasteiger charge is 2.31. The van der Waals surface area contributed by atoms with Crippen molar-refractivity contribution in [2.24, 2.45) is 5.92 Å². The summed E-state index contributed by atoms with van der Waals surface area (Å²) in [5.74, 6) is 1.48. The number of likely N-dealkylation sites (tertiary alicyclic amines) is 2. The Morgan fingerprint density at radius 3 is 2.46 bits per heavy atom. The molecular weight excluding hydrogens is 354 g/mol. The van der Waals surface area contributed by atoms with E-state index in [0.29, 0.717) is 25.5 Å². The van der Waals surface area contributed by atoms with Crippen molar-refractivity contribution >= 4 is 11.8 Å². The zero-order chi connectivity index (χ0) is 19.5. The second-order valence-corrected chi connectivity index (χ2v) is 8.28. The van der Waals surface area contributed by atoms with Crippen LogP contribution >= 0.6 is 0 Å². The lowest BCUT2D eigenvalue weighted by atomic mass is 9.95. The lowest BCUT2D eigenvalue weighted by Gasteiger charge is -2.35. The van der Waals surface area contributed by atoms with Crippen molar-refractivity contribution in [3.63, 3.8) is 0 Å². The maximum absolute atomic E-state index is 12.8. The number of ether oxygens (including phenoxy) is 1. The van der Waals surface area contributed by atoms with Gasteiger partial charge in [-0.15, -0.1) is 0 Å². The van der Waals surface area contributed by atoms with Crippen LogP contribution in [0.5, 0.6) is 5.75 Å². The number of nitrogens with zero attached hydrogens (tertiary/aromatic N) is 3.